The van der Waals surface area contributed by atoms with E-state index in [1.807, 2.05) is 24.3 Å². The third-order valence-electron chi connectivity index (χ3n) is 7.30. The standard InChI is InChI=1S/C27H36N2O6S/c1-4-27(5-2)19-23(22-8-6-7-9-25(22)35-27)28-26(30)13-10-20-18-21(11-12-24(20)33-3)36(31,32)29-14-16-34-17-15-29/h6-9,11-12,18,23H,4-5,10,13-17,19H2,1-3H3,(H,28,30)/t23-/m1/s1. The van der Waals surface area contributed by atoms with Crippen molar-refractivity contribution in [2.45, 2.75) is 62.5 Å². The second kappa shape index (κ2) is 11.2. The van der Waals surface area contributed by atoms with Gasteiger partial charge in [-0.2, -0.15) is 4.31 Å². The van der Waals surface area contributed by atoms with Crippen molar-refractivity contribution in [1.82, 2.24) is 9.62 Å². The molecule has 9 heteroatoms. The molecule has 0 spiro atoms. The van der Waals surface area contributed by atoms with Crippen LogP contribution in [0.2, 0.25) is 0 Å². The van der Waals surface area contributed by atoms with Crippen LogP contribution in [0.25, 0.3) is 0 Å². The van der Waals surface area contributed by atoms with Crippen LogP contribution >= 0.6 is 0 Å². The Morgan fingerprint density at radius 2 is 1.86 bits per heavy atom. The van der Waals surface area contributed by atoms with E-state index in [-0.39, 0.29) is 28.9 Å². The lowest BCUT2D eigenvalue weighted by molar-refractivity contribution is -0.122. The van der Waals surface area contributed by atoms with Crippen LogP contribution in [-0.4, -0.2) is 57.6 Å². The Bertz CT molecular complexity index is 1170. The summed E-state index contributed by atoms with van der Waals surface area (Å²) >= 11 is 0. The van der Waals surface area contributed by atoms with Crippen molar-refractivity contribution in [2.24, 2.45) is 0 Å². The molecule has 1 N–H and O–H groups in total. The Morgan fingerprint density at radius 3 is 2.56 bits per heavy atom. The number of aryl methyl sites for hydroxylation is 1. The highest BCUT2D eigenvalue weighted by molar-refractivity contribution is 7.89. The molecule has 1 saturated heterocycles. The molecule has 2 aliphatic heterocycles. The molecular weight excluding hydrogens is 480 g/mol. The van der Waals surface area contributed by atoms with Gasteiger partial charge in [0.2, 0.25) is 15.9 Å². The van der Waals surface area contributed by atoms with Gasteiger partial charge >= 0.3 is 0 Å². The maximum absolute atomic E-state index is 13.1. The largest absolute Gasteiger partial charge is 0.496 e. The molecule has 0 aromatic heterocycles. The first-order valence-electron chi connectivity index (χ1n) is 12.6. The zero-order chi connectivity index (χ0) is 25.8. The maximum Gasteiger partial charge on any atom is 0.243 e. The zero-order valence-corrected chi connectivity index (χ0v) is 22.1. The van der Waals surface area contributed by atoms with Gasteiger partial charge in [-0.05, 0) is 49.1 Å². The van der Waals surface area contributed by atoms with Crippen LogP contribution in [0, 0.1) is 0 Å². The first-order valence-corrected chi connectivity index (χ1v) is 14.1. The summed E-state index contributed by atoms with van der Waals surface area (Å²) < 4.78 is 44.8. The Kier molecular flexibility index (Phi) is 8.22. The van der Waals surface area contributed by atoms with Crippen LogP contribution in [0.4, 0.5) is 0 Å². The van der Waals surface area contributed by atoms with Crippen LogP contribution < -0.4 is 14.8 Å². The van der Waals surface area contributed by atoms with Crippen molar-refractivity contribution in [3.63, 3.8) is 0 Å². The number of nitrogens with one attached hydrogen (secondary N) is 1. The van der Waals surface area contributed by atoms with Crippen molar-refractivity contribution >= 4 is 15.9 Å². The molecule has 2 aromatic rings. The number of carbonyl (C=O) groups is 1. The van der Waals surface area contributed by atoms with Crippen molar-refractivity contribution in [1.29, 1.82) is 0 Å². The molecule has 0 radical (unpaired) electrons. The molecule has 0 bridgehead atoms. The van der Waals surface area contributed by atoms with Crippen molar-refractivity contribution < 1.29 is 27.4 Å². The fourth-order valence-electron chi connectivity index (χ4n) is 4.99. The second-order valence-electron chi connectivity index (χ2n) is 9.34. The molecule has 2 heterocycles. The third-order valence-corrected chi connectivity index (χ3v) is 9.20. The number of amides is 1. The van der Waals surface area contributed by atoms with Gasteiger partial charge in [-0.15, -0.1) is 0 Å². The summed E-state index contributed by atoms with van der Waals surface area (Å²) in [6.45, 7) is 5.65. The molecule has 2 aromatic carbocycles. The summed E-state index contributed by atoms with van der Waals surface area (Å²) in [6.07, 6.45) is 2.98. The lowest BCUT2D eigenvalue weighted by Gasteiger charge is -2.41. The lowest BCUT2D eigenvalue weighted by Crippen LogP contribution is -2.44. The number of carbonyl (C=O) groups excluding carboxylic acids is 1. The van der Waals surface area contributed by atoms with Crippen molar-refractivity contribution in [3.05, 3.63) is 53.6 Å². The van der Waals surface area contributed by atoms with Gasteiger partial charge in [-0.3, -0.25) is 4.79 Å². The fraction of sp³-hybridized carbons (Fsp3) is 0.519. The molecule has 36 heavy (non-hydrogen) atoms. The first-order chi connectivity index (χ1) is 17.3. The Labute approximate surface area is 214 Å². The van der Waals surface area contributed by atoms with Gasteiger partial charge < -0.3 is 19.5 Å². The lowest BCUT2D eigenvalue weighted by atomic mass is 9.83. The summed E-state index contributed by atoms with van der Waals surface area (Å²) in [7, 11) is -2.10. The Balaban J connectivity index is 1.48. The molecular formula is C27H36N2O6S. The number of para-hydroxylation sites is 1. The molecule has 1 fully saturated rings. The molecule has 1 amide bonds. The van der Waals surface area contributed by atoms with Crippen LogP contribution in [-0.2, 0) is 26.0 Å². The van der Waals surface area contributed by atoms with E-state index in [1.165, 1.54) is 4.31 Å². The smallest absolute Gasteiger partial charge is 0.243 e. The molecule has 2 aliphatic rings. The summed E-state index contributed by atoms with van der Waals surface area (Å²) in [4.78, 5) is 13.3. The van der Waals surface area contributed by atoms with E-state index >= 15 is 0 Å². The molecule has 1 atom stereocenters. The van der Waals surface area contributed by atoms with E-state index in [9.17, 15) is 13.2 Å². The van der Waals surface area contributed by atoms with Crippen LogP contribution in [0.3, 0.4) is 0 Å². The first kappa shape index (κ1) is 26.4. The van der Waals surface area contributed by atoms with Gasteiger partial charge in [-0.25, -0.2) is 8.42 Å². The number of morpholine rings is 1. The van der Waals surface area contributed by atoms with Crippen LogP contribution in [0.5, 0.6) is 11.5 Å². The van der Waals surface area contributed by atoms with Gasteiger partial charge in [0.25, 0.3) is 0 Å². The molecule has 0 saturated carbocycles. The topological polar surface area (TPSA) is 94.2 Å². The number of sulfonamides is 1. The molecule has 4 rings (SSSR count). The van der Waals surface area contributed by atoms with Gasteiger partial charge in [0.1, 0.15) is 17.1 Å². The number of benzene rings is 2. The number of ether oxygens (including phenoxy) is 3. The number of hydrogen-bond acceptors (Lipinski definition) is 6. The minimum Gasteiger partial charge on any atom is -0.496 e. The molecule has 0 unspecified atom stereocenters. The number of fused-ring (bicyclic) bond motifs is 1. The predicted octanol–water partition coefficient (Wildman–Crippen LogP) is 3.85. The van der Waals surface area contributed by atoms with E-state index in [0.717, 1.165) is 24.2 Å². The molecule has 8 nitrogen and oxygen atoms in total. The van der Waals surface area contributed by atoms with Gasteiger partial charge in [-0.1, -0.05) is 32.0 Å². The van der Waals surface area contributed by atoms with E-state index in [4.69, 9.17) is 14.2 Å². The summed E-state index contributed by atoms with van der Waals surface area (Å²) in [5.41, 5.74) is 1.36. The maximum atomic E-state index is 13.1. The summed E-state index contributed by atoms with van der Waals surface area (Å²) in [6, 6.07) is 12.6. The van der Waals surface area contributed by atoms with Crippen molar-refractivity contribution in [3.8, 4) is 11.5 Å². The van der Waals surface area contributed by atoms with E-state index in [2.05, 4.69) is 19.2 Å². The minimum absolute atomic E-state index is 0.0960. The highest BCUT2D eigenvalue weighted by Crippen LogP contribution is 2.42. The SMILES string of the molecule is CCC1(CC)C[C@@H](NC(=O)CCc2cc(S(=O)(=O)N3CCOCC3)ccc2OC)c2ccccc2O1. The fourth-order valence-corrected chi connectivity index (χ4v) is 6.45. The normalized spacial score (nSPS) is 19.7. The van der Waals surface area contributed by atoms with E-state index in [0.29, 0.717) is 50.5 Å². The van der Waals surface area contributed by atoms with E-state index < -0.39 is 10.0 Å². The summed E-state index contributed by atoms with van der Waals surface area (Å²) in [5.74, 6) is 1.29. The van der Waals surface area contributed by atoms with Gasteiger partial charge in [0.15, 0.2) is 0 Å². The average molecular weight is 517 g/mol. The Morgan fingerprint density at radius 1 is 1.14 bits per heavy atom. The van der Waals surface area contributed by atoms with Crippen LogP contribution in [0.15, 0.2) is 47.4 Å². The van der Waals surface area contributed by atoms with Crippen molar-refractivity contribution in [2.75, 3.05) is 33.4 Å². The monoisotopic (exact) mass is 516 g/mol. The zero-order valence-electron chi connectivity index (χ0n) is 21.3. The average Bonchev–Trinajstić information content (AvgIpc) is 2.92. The third kappa shape index (κ3) is 5.53. The molecule has 196 valence electrons. The Hall–Kier alpha value is -2.62. The highest BCUT2D eigenvalue weighted by Gasteiger charge is 2.39. The second-order valence-corrected chi connectivity index (χ2v) is 11.3. The molecule has 0 aliphatic carbocycles. The van der Waals surface area contributed by atoms with E-state index in [1.54, 1.807) is 25.3 Å². The minimum atomic E-state index is -3.64. The van der Waals surface area contributed by atoms with Gasteiger partial charge in [0.05, 0.1) is 31.3 Å². The number of nitrogens with zero attached hydrogens (tertiary/aromatic N) is 1. The quantitative estimate of drug-likeness (QED) is 0.544. The number of rotatable bonds is 9. The number of hydrogen-bond donors (Lipinski definition) is 1. The van der Waals surface area contributed by atoms with Gasteiger partial charge in [0, 0.05) is 31.5 Å². The highest BCUT2D eigenvalue weighted by atomic mass is 32.2. The van der Waals surface area contributed by atoms with Crippen LogP contribution in [0.1, 0.15) is 56.7 Å². The number of methoxy groups -OCH3 is 1. The summed E-state index contributed by atoms with van der Waals surface area (Å²) in [5, 5.41) is 3.20. The predicted molar refractivity (Wildman–Crippen MR) is 137 cm³/mol.